The number of hydrogen-bond acceptors (Lipinski definition) is 3. The van der Waals surface area contributed by atoms with Gasteiger partial charge < -0.3 is 0 Å². The Hall–Kier alpha value is -1.71. The summed E-state index contributed by atoms with van der Waals surface area (Å²) in [5.74, 6) is 5.80. The fraction of sp³-hybridized carbons (Fsp3) is 0.353. The zero-order valence-corrected chi connectivity index (χ0v) is 11.9. The quantitative estimate of drug-likeness (QED) is 0.508. The van der Waals surface area contributed by atoms with Crippen LogP contribution in [0.15, 0.2) is 42.0 Å². The molecule has 1 atom stereocenters. The summed E-state index contributed by atoms with van der Waals surface area (Å²) >= 11 is 0. The van der Waals surface area contributed by atoms with Gasteiger partial charge in [0.05, 0.1) is 17.3 Å². The normalized spacial score (nSPS) is 17.0. The molecule has 1 aliphatic carbocycles. The Bertz CT molecular complexity index is 646. The molecule has 3 nitrogen and oxygen atoms in total. The second kappa shape index (κ2) is 5.73. The number of hydrazine groups is 1. The van der Waals surface area contributed by atoms with Gasteiger partial charge in [0.25, 0.3) is 0 Å². The molecule has 0 bridgehead atoms. The van der Waals surface area contributed by atoms with Gasteiger partial charge in [0.2, 0.25) is 0 Å². The molecular weight excluding hydrogens is 246 g/mol. The molecule has 0 fully saturated rings. The molecule has 0 saturated heterocycles. The van der Waals surface area contributed by atoms with E-state index in [9.17, 15) is 0 Å². The topological polar surface area (TPSA) is 50.9 Å². The van der Waals surface area contributed by atoms with E-state index in [1.165, 1.54) is 29.4 Å². The highest BCUT2D eigenvalue weighted by Gasteiger charge is 2.19. The van der Waals surface area contributed by atoms with Crippen LogP contribution in [0.5, 0.6) is 0 Å². The van der Waals surface area contributed by atoms with Crippen LogP contribution in [0, 0.1) is 6.92 Å². The minimum atomic E-state index is 0.0404. The second-order valence-corrected chi connectivity index (χ2v) is 5.51. The summed E-state index contributed by atoms with van der Waals surface area (Å²) in [4.78, 5) is 4.80. The van der Waals surface area contributed by atoms with Crippen LogP contribution in [0.4, 0.5) is 0 Å². The van der Waals surface area contributed by atoms with Gasteiger partial charge in [-0.2, -0.15) is 0 Å². The average molecular weight is 267 g/mol. The van der Waals surface area contributed by atoms with Gasteiger partial charge in [0.15, 0.2) is 0 Å². The van der Waals surface area contributed by atoms with Gasteiger partial charge in [0, 0.05) is 5.39 Å². The standard InChI is InChI=1S/C17H21N3/c1-12-11-16(19-15-10-6-5-9-14(12)15)17(20-18)13-7-3-2-4-8-13/h5-7,9-11,17,20H,2-4,8,18H2,1H3. The lowest BCUT2D eigenvalue weighted by atomic mass is 9.91. The Morgan fingerprint density at radius 3 is 2.85 bits per heavy atom. The molecule has 0 amide bonds. The summed E-state index contributed by atoms with van der Waals surface area (Å²) in [7, 11) is 0. The highest BCUT2D eigenvalue weighted by atomic mass is 15.2. The summed E-state index contributed by atoms with van der Waals surface area (Å²) < 4.78 is 0. The maximum Gasteiger partial charge on any atom is 0.0841 e. The lowest BCUT2D eigenvalue weighted by molar-refractivity contribution is 0.556. The average Bonchev–Trinajstić information content (AvgIpc) is 2.49. The summed E-state index contributed by atoms with van der Waals surface area (Å²) in [6.07, 6.45) is 7.12. The van der Waals surface area contributed by atoms with Crippen LogP contribution < -0.4 is 11.3 Å². The third kappa shape index (κ3) is 2.47. The van der Waals surface area contributed by atoms with Crippen LogP contribution in [-0.2, 0) is 0 Å². The van der Waals surface area contributed by atoms with Crippen molar-refractivity contribution in [1.29, 1.82) is 0 Å². The third-order valence-corrected chi connectivity index (χ3v) is 4.10. The fourth-order valence-corrected chi connectivity index (χ4v) is 3.03. The van der Waals surface area contributed by atoms with Crippen molar-refractivity contribution in [3.63, 3.8) is 0 Å². The molecule has 0 spiro atoms. The maximum atomic E-state index is 5.80. The molecule has 1 unspecified atom stereocenters. The fourth-order valence-electron chi connectivity index (χ4n) is 3.03. The number of aromatic nitrogens is 1. The summed E-state index contributed by atoms with van der Waals surface area (Å²) in [5, 5.41) is 1.21. The molecule has 3 N–H and O–H groups in total. The third-order valence-electron chi connectivity index (χ3n) is 4.10. The van der Waals surface area contributed by atoms with E-state index in [-0.39, 0.29) is 6.04 Å². The Morgan fingerprint density at radius 2 is 2.10 bits per heavy atom. The lowest BCUT2D eigenvalue weighted by Crippen LogP contribution is -2.30. The van der Waals surface area contributed by atoms with Gasteiger partial charge in [0.1, 0.15) is 0 Å². The lowest BCUT2D eigenvalue weighted by Gasteiger charge is -2.23. The van der Waals surface area contributed by atoms with Crippen LogP contribution in [0.3, 0.4) is 0 Å². The minimum Gasteiger partial charge on any atom is -0.271 e. The largest absolute Gasteiger partial charge is 0.271 e. The number of hydrogen-bond donors (Lipinski definition) is 2. The van der Waals surface area contributed by atoms with E-state index >= 15 is 0 Å². The molecule has 1 aromatic heterocycles. The van der Waals surface area contributed by atoms with Crippen molar-refractivity contribution in [2.45, 2.75) is 38.6 Å². The number of rotatable bonds is 3. The molecule has 0 aliphatic heterocycles. The predicted octanol–water partition coefficient (Wildman–Crippen LogP) is 3.55. The molecule has 3 heteroatoms. The zero-order valence-electron chi connectivity index (χ0n) is 11.9. The van der Waals surface area contributed by atoms with Gasteiger partial charge in [-0.15, -0.1) is 0 Å². The molecule has 0 radical (unpaired) electrons. The van der Waals surface area contributed by atoms with Gasteiger partial charge in [-0.3, -0.25) is 10.8 Å². The van der Waals surface area contributed by atoms with E-state index < -0.39 is 0 Å². The first-order valence-electron chi connectivity index (χ1n) is 7.31. The number of nitrogens with zero attached hydrogens (tertiary/aromatic N) is 1. The van der Waals surface area contributed by atoms with Crippen molar-refractivity contribution in [3.8, 4) is 0 Å². The molecule has 0 saturated carbocycles. The van der Waals surface area contributed by atoms with Crippen LogP contribution in [0.2, 0.25) is 0 Å². The summed E-state index contributed by atoms with van der Waals surface area (Å²) in [6, 6.07) is 10.5. The number of nitrogens with two attached hydrogens (primary N) is 1. The highest BCUT2D eigenvalue weighted by molar-refractivity contribution is 5.82. The van der Waals surface area contributed by atoms with Crippen LogP contribution in [-0.4, -0.2) is 4.98 Å². The first-order chi connectivity index (χ1) is 9.79. The first kappa shape index (κ1) is 13.3. The van der Waals surface area contributed by atoms with Crippen molar-refractivity contribution in [2.24, 2.45) is 5.84 Å². The van der Waals surface area contributed by atoms with Crippen molar-refractivity contribution < 1.29 is 0 Å². The highest BCUT2D eigenvalue weighted by Crippen LogP contribution is 2.30. The number of para-hydroxylation sites is 1. The Labute approximate surface area is 119 Å². The SMILES string of the molecule is Cc1cc(C(NN)C2=CCCCC2)nc2ccccc12. The Morgan fingerprint density at radius 1 is 1.25 bits per heavy atom. The molecular formula is C17H21N3. The van der Waals surface area contributed by atoms with Gasteiger partial charge in [-0.1, -0.05) is 29.8 Å². The number of pyridine rings is 1. The zero-order chi connectivity index (χ0) is 13.9. The van der Waals surface area contributed by atoms with Gasteiger partial charge in [-0.05, 0) is 50.3 Å². The molecule has 1 aliphatic rings. The maximum absolute atomic E-state index is 5.80. The molecule has 3 rings (SSSR count). The second-order valence-electron chi connectivity index (χ2n) is 5.51. The van der Waals surface area contributed by atoms with Crippen LogP contribution in [0.1, 0.15) is 43.0 Å². The summed E-state index contributed by atoms with van der Waals surface area (Å²) in [6.45, 7) is 2.14. The van der Waals surface area contributed by atoms with Crippen molar-refractivity contribution in [1.82, 2.24) is 10.4 Å². The van der Waals surface area contributed by atoms with Crippen LogP contribution in [0.25, 0.3) is 10.9 Å². The monoisotopic (exact) mass is 267 g/mol. The number of allylic oxidation sites excluding steroid dienone is 1. The Kier molecular flexibility index (Phi) is 3.81. The number of benzene rings is 1. The molecule has 2 aromatic rings. The van der Waals surface area contributed by atoms with Gasteiger partial charge >= 0.3 is 0 Å². The van der Waals surface area contributed by atoms with E-state index in [0.29, 0.717) is 0 Å². The molecule has 20 heavy (non-hydrogen) atoms. The molecule has 1 heterocycles. The smallest absolute Gasteiger partial charge is 0.0841 e. The van der Waals surface area contributed by atoms with E-state index in [2.05, 4.69) is 42.7 Å². The van der Waals surface area contributed by atoms with E-state index in [4.69, 9.17) is 10.8 Å². The van der Waals surface area contributed by atoms with E-state index in [1.54, 1.807) is 0 Å². The van der Waals surface area contributed by atoms with E-state index in [1.807, 2.05) is 6.07 Å². The summed E-state index contributed by atoms with van der Waals surface area (Å²) in [5.41, 5.74) is 7.64. The predicted molar refractivity (Wildman–Crippen MR) is 83.1 cm³/mol. The van der Waals surface area contributed by atoms with Crippen molar-refractivity contribution >= 4 is 10.9 Å². The first-order valence-corrected chi connectivity index (χ1v) is 7.31. The van der Waals surface area contributed by atoms with Crippen molar-refractivity contribution in [3.05, 3.63) is 53.2 Å². The molecule has 1 aromatic carbocycles. The van der Waals surface area contributed by atoms with Crippen LogP contribution >= 0.6 is 0 Å². The van der Waals surface area contributed by atoms with Gasteiger partial charge in [-0.25, -0.2) is 5.43 Å². The van der Waals surface area contributed by atoms with Crippen molar-refractivity contribution in [2.75, 3.05) is 0 Å². The Balaban J connectivity index is 2.05. The van der Waals surface area contributed by atoms with E-state index in [0.717, 1.165) is 24.1 Å². The number of nitrogens with one attached hydrogen (secondary N) is 1. The number of fused-ring (bicyclic) bond motifs is 1. The minimum absolute atomic E-state index is 0.0404. The molecule has 104 valence electrons. The number of aryl methyl sites for hydroxylation is 1.